The van der Waals surface area contributed by atoms with Gasteiger partial charge in [0.1, 0.15) is 0 Å². The Hall–Kier alpha value is 2.38. The standard InChI is InChI=1S/C3H3O.Mg.2Y/c1-2-3-4;;;/h2H,1H2;;;. The average Bonchev–Trinajstić information content (AvgIpc) is 1.38. The van der Waals surface area contributed by atoms with Crippen molar-refractivity contribution in [2.45, 2.75) is 0 Å². The van der Waals surface area contributed by atoms with E-state index < -0.39 is 0 Å². The molecular weight excluding hydrogens is 254 g/mol. The van der Waals surface area contributed by atoms with Gasteiger partial charge in [-0.05, 0) is 0 Å². The molecule has 0 spiro atoms. The molecule has 0 aliphatic heterocycles. The third-order valence-corrected chi connectivity index (χ3v) is 0.781. The minimum atomic E-state index is 0. The predicted octanol–water partition coefficient (Wildman–Crippen LogP) is -0.137. The van der Waals surface area contributed by atoms with Crippen molar-refractivity contribution in [3.8, 4) is 0 Å². The molecular formula is C3H3MgOY2. The second-order valence-electron chi connectivity index (χ2n) is 0.606. The van der Waals surface area contributed by atoms with Crippen LogP contribution in [-0.4, -0.2) is 25.6 Å². The van der Waals surface area contributed by atoms with Crippen molar-refractivity contribution >= 4 is 25.6 Å². The molecule has 29 valence electrons. The fourth-order valence-corrected chi connectivity index (χ4v) is 0. The maximum absolute atomic E-state index is 9.75. The van der Waals surface area contributed by atoms with Crippen molar-refractivity contribution < 1.29 is 68.5 Å². The van der Waals surface area contributed by atoms with Gasteiger partial charge in [-0.3, -0.25) is 0 Å². The molecule has 0 amide bonds. The molecule has 0 heterocycles. The maximum atomic E-state index is 9.75. The molecule has 0 rings (SSSR count). The molecule has 0 bridgehead atoms. The first-order valence-corrected chi connectivity index (χ1v) is 2.61. The number of carbonyl (C=O) groups excluding carboxylic acids is 1. The first-order valence-electron chi connectivity index (χ1n) is 1.19. The largest absolute Gasteiger partial charge is 0 e. The normalized spacial score (nSPS) is 4.43. The molecule has 0 aromatic carbocycles. The molecule has 1 nitrogen and oxygen atoms in total. The van der Waals surface area contributed by atoms with Gasteiger partial charge in [0.05, 0.1) is 0 Å². The summed E-state index contributed by atoms with van der Waals surface area (Å²) in [5.41, 5.74) is 0. The van der Waals surface area contributed by atoms with Gasteiger partial charge in [-0.2, -0.15) is 0 Å². The maximum Gasteiger partial charge on any atom is 0 e. The Morgan fingerprint density at radius 2 is 1.86 bits per heavy atom. The topological polar surface area (TPSA) is 17.1 Å². The van der Waals surface area contributed by atoms with Crippen LogP contribution in [0.15, 0.2) is 12.7 Å². The number of hydrogen-bond acceptors (Lipinski definition) is 1. The third kappa shape index (κ3) is 17.8. The quantitative estimate of drug-likeness (QED) is 0.472. The first-order chi connectivity index (χ1) is 2.27. The number of hydrogen-bond donors (Lipinski definition) is 0. The van der Waals surface area contributed by atoms with Gasteiger partial charge in [-0.1, -0.05) is 0 Å². The monoisotopic (exact) mass is 257 g/mol. The summed E-state index contributed by atoms with van der Waals surface area (Å²) in [6.07, 6.45) is 1.34. The second kappa shape index (κ2) is 11.2. The molecule has 0 saturated heterocycles. The molecule has 0 N–H and O–H groups in total. The summed E-state index contributed by atoms with van der Waals surface area (Å²) < 4.78 is 0.149. The van der Waals surface area contributed by atoms with Gasteiger partial charge in [0, 0.05) is 55.8 Å². The van der Waals surface area contributed by atoms with E-state index in [1.54, 1.807) is 0 Å². The summed E-state index contributed by atoms with van der Waals surface area (Å²) in [6.45, 7) is 3.24. The van der Waals surface area contributed by atoms with E-state index in [2.05, 4.69) is 6.58 Å². The van der Waals surface area contributed by atoms with Crippen LogP contribution in [0.1, 0.15) is 0 Å². The Kier molecular flexibility index (Phi) is 25.9. The van der Waals surface area contributed by atoms with Crippen molar-refractivity contribution in [3.63, 3.8) is 0 Å². The van der Waals surface area contributed by atoms with Gasteiger partial charge in [-0.15, -0.1) is 0 Å². The van der Waals surface area contributed by atoms with Gasteiger partial charge in [-0.25, -0.2) is 0 Å². The summed E-state index contributed by atoms with van der Waals surface area (Å²) >= 11 is 0.667. The van der Waals surface area contributed by atoms with E-state index in [1.165, 1.54) is 6.08 Å². The van der Waals surface area contributed by atoms with Crippen LogP contribution in [0.25, 0.3) is 0 Å². The molecule has 0 aromatic rings. The van der Waals surface area contributed by atoms with Crippen LogP contribution in [0.2, 0.25) is 0 Å². The molecule has 0 aromatic heterocycles. The van der Waals surface area contributed by atoms with Crippen LogP contribution in [0.4, 0.5) is 0 Å². The zero-order valence-electron chi connectivity index (χ0n) is 4.05. The SMILES string of the molecule is C=C[C](=O)[Y].[Mg].[Y]. The van der Waals surface area contributed by atoms with Crippen LogP contribution in [0.5, 0.6) is 0 Å². The average molecular weight is 257 g/mol. The molecule has 0 atom stereocenters. The minimum Gasteiger partial charge on any atom is 0 e. The zero-order valence-corrected chi connectivity index (χ0v) is 11.1. The van der Waals surface area contributed by atoms with Crippen molar-refractivity contribution in [1.29, 1.82) is 0 Å². The minimum absolute atomic E-state index is 0. The third-order valence-electron chi connectivity index (χ3n) is 0.201. The van der Waals surface area contributed by atoms with Gasteiger partial charge < -0.3 is 0 Å². The molecule has 7 heavy (non-hydrogen) atoms. The van der Waals surface area contributed by atoms with Gasteiger partial charge in [0.15, 0.2) is 0 Å². The molecule has 0 unspecified atom stereocenters. The van der Waals surface area contributed by atoms with Crippen molar-refractivity contribution in [1.82, 2.24) is 0 Å². The fourth-order valence-electron chi connectivity index (χ4n) is 0. The predicted molar refractivity (Wildman–Crippen MR) is 21.0 cm³/mol. The van der Waals surface area contributed by atoms with Gasteiger partial charge in [0.25, 0.3) is 0 Å². The summed E-state index contributed by atoms with van der Waals surface area (Å²) in [4.78, 5) is 9.75. The molecule has 0 aliphatic rings. The summed E-state index contributed by atoms with van der Waals surface area (Å²) in [5.74, 6) is 0. The molecule has 3 radical (unpaired) electrons. The van der Waals surface area contributed by atoms with Crippen molar-refractivity contribution in [2.24, 2.45) is 0 Å². The number of allylic oxidation sites excluding steroid dienone is 1. The Bertz CT molecular complexity index is 64.0. The van der Waals surface area contributed by atoms with Gasteiger partial charge in [0.2, 0.25) is 0 Å². The summed E-state index contributed by atoms with van der Waals surface area (Å²) in [7, 11) is 0. The van der Waals surface area contributed by atoms with E-state index in [0.29, 0.717) is 31.0 Å². The van der Waals surface area contributed by atoms with E-state index in [1.807, 2.05) is 0 Å². The first kappa shape index (κ1) is 16.2. The second-order valence-corrected chi connectivity index (χ2v) is 2.01. The zero-order chi connectivity index (χ0) is 4.28. The molecule has 0 aliphatic carbocycles. The Labute approximate surface area is 105 Å². The number of rotatable bonds is 1. The van der Waals surface area contributed by atoms with E-state index in [0.717, 1.165) is 0 Å². The van der Waals surface area contributed by atoms with Gasteiger partial charge >= 0.3 is 51.0 Å². The Balaban J connectivity index is -0.0000000800. The van der Waals surface area contributed by atoms with E-state index in [4.69, 9.17) is 0 Å². The summed E-state index contributed by atoms with van der Waals surface area (Å²) in [5, 5.41) is 0. The van der Waals surface area contributed by atoms with Crippen LogP contribution < -0.4 is 0 Å². The molecule has 4 heteroatoms. The molecule has 0 saturated carbocycles. The molecule has 0 fully saturated rings. The van der Waals surface area contributed by atoms with Crippen LogP contribution in [0, 0.1) is 0 Å². The fraction of sp³-hybridized carbons (Fsp3) is 0. The van der Waals surface area contributed by atoms with Crippen LogP contribution in [0.3, 0.4) is 0 Å². The van der Waals surface area contributed by atoms with Crippen molar-refractivity contribution in [3.05, 3.63) is 12.7 Å². The number of carbonyl (C=O) groups is 1. The van der Waals surface area contributed by atoms with E-state index >= 15 is 0 Å². The smallest absolute Gasteiger partial charge is 0 e. The van der Waals surface area contributed by atoms with Crippen molar-refractivity contribution in [2.75, 3.05) is 0 Å². The van der Waals surface area contributed by atoms with E-state index in [-0.39, 0.29) is 58.4 Å². The van der Waals surface area contributed by atoms with Crippen LogP contribution in [-0.2, 0) is 68.5 Å². The van der Waals surface area contributed by atoms with E-state index in [9.17, 15) is 4.79 Å². The Morgan fingerprint density at radius 3 is 1.86 bits per heavy atom. The van der Waals surface area contributed by atoms with Crippen LogP contribution >= 0.6 is 0 Å². The Morgan fingerprint density at radius 1 is 1.71 bits per heavy atom. The summed E-state index contributed by atoms with van der Waals surface area (Å²) in [6, 6.07) is 0.